The summed E-state index contributed by atoms with van der Waals surface area (Å²) in [5.41, 5.74) is 0. The lowest BCUT2D eigenvalue weighted by Gasteiger charge is -2.34. The molecular weight excluding hydrogens is 236 g/mol. The molecule has 1 aliphatic rings. The molecule has 0 spiro atoms. The number of nitrogens with zero attached hydrogens (tertiary/aromatic N) is 4. The van der Waals surface area contributed by atoms with Gasteiger partial charge in [-0.2, -0.15) is 4.98 Å². The summed E-state index contributed by atoms with van der Waals surface area (Å²) in [5.74, 6) is 1.03. The molecule has 2 rings (SSSR count). The van der Waals surface area contributed by atoms with E-state index in [-0.39, 0.29) is 5.91 Å². The average Bonchev–Trinajstić information content (AvgIpc) is 2.75. The van der Waals surface area contributed by atoms with Gasteiger partial charge in [-0.15, -0.1) is 0 Å². The number of hydrogen-bond acceptors (Lipinski definition) is 6. The lowest BCUT2D eigenvalue weighted by atomic mass is 10.2. The number of piperazine rings is 1. The quantitative estimate of drug-likeness (QED) is 0.776. The van der Waals surface area contributed by atoms with Crippen molar-refractivity contribution in [1.82, 2.24) is 19.9 Å². The number of rotatable bonds is 3. The number of carbonyl (C=O) groups is 1. The highest BCUT2D eigenvalue weighted by Gasteiger charge is 2.24. The second-order valence-corrected chi connectivity index (χ2v) is 4.51. The first kappa shape index (κ1) is 13.0. The van der Waals surface area contributed by atoms with Gasteiger partial charge in [-0.3, -0.25) is 9.69 Å². The molecule has 1 atom stereocenters. The van der Waals surface area contributed by atoms with E-state index in [0.29, 0.717) is 31.3 Å². The summed E-state index contributed by atoms with van der Waals surface area (Å²) in [6.07, 6.45) is -0.920. The number of carbonyl (C=O) groups excluding carboxylic acids is 1. The highest BCUT2D eigenvalue weighted by atomic mass is 16.5. The van der Waals surface area contributed by atoms with Crippen LogP contribution >= 0.6 is 0 Å². The van der Waals surface area contributed by atoms with Crippen LogP contribution in [0.25, 0.3) is 0 Å². The Kier molecular flexibility index (Phi) is 3.93. The first-order valence-corrected chi connectivity index (χ1v) is 6.04. The Labute approximate surface area is 105 Å². The van der Waals surface area contributed by atoms with Crippen LogP contribution in [0.15, 0.2) is 4.52 Å². The minimum atomic E-state index is -0.920. The number of amides is 1. The molecular formula is C11H18N4O3. The van der Waals surface area contributed by atoms with E-state index in [2.05, 4.69) is 15.0 Å². The van der Waals surface area contributed by atoms with E-state index < -0.39 is 6.10 Å². The standard InChI is InChI=1S/C11H18N4O3/c1-8(16)11(17)15-5-3-14(4-6-15)7-10-12-9(2)18-13-10/h8,16H,3-7H2,1-2H3. The van der Waals surface area contributed by atoms with Gasteiger partial charge >= 0.3 is 0 Å². The Balaban J connectivity index is 1.82. The van der Waals surface area contributed by atoms with Crippen molar-refractivity contribution in [2.75, 3.05) is 26.2 Å². The largest absolute Gasteiger partial charge is 0.384 e. The molecule has 1 aromatic rings. The van der Waals surface area contributed by atoms with Crippen molar-refractivity contribution < 1.29 is 14.4 Å². The molecule has 1 fully saturated rings. The fourth-order valence-corrected chi connectivity index (χ4v) is 2.00. The van der Waals surface area contributed by atoms with Gasteiger partial charge in [0, 0.05) is 33.1 Å². The summed E-state index contributed by atoms with van der Waals surface area (Å²) in [7, 11) is 0. The van der Waals surface area contributed by atoms with E-state index >= 15 is 0 Å². The molecule has 1 unspecified atom stereocenters. The maximum absolute atomic E-state index is 11.6. The Morgan fingerprint density at radius 3 is 2.61 bits per heavy atom. The summed E-state index contributed by atoms with van der Waals surface area (Å²) >= 11 is 0. The van der Waals surface area contributed by atoms with Crippen molar-refractivity contribution in [3.8, 4) is 0 Å². The van der Waals surface area contributed by atoms with Crippen molar-refractivity contribution in [3.63, 3.8) is 0 Å². The van der Waals surface area contributed by atoms with Gasteiger partial charge in [0.1, 0.15) is 6.10 Å². The summed E-state index contributed by atoms with van der Waals surface area (Å²) in [5, 5.41) is 13.1. The Morgan fingerprint density at radius 1 is 1.44 bits per heavy atom. The first-order valence-electron chi connectivity index (χ1n) is 6.04. The number of aromatic nitrogens is 2. The minimum Gasteiger partial charge on any atom is -0.384 e. The van der Waals surface area contributed by atoms with Gasteiger partial charge in [0.05, 0.1) is 6.54 Å². The third-order valence-electron chi connectivity index (χ3n) is 2.98. The van der Waals surface area contributed by atoms with Crippen LogP contribution in [0.5, 0.6) is 0 Å². The molecule has 0 saturated carbocycles. The number of aliphatic hydroxyl groups is 1. The Bertz CT molecular complexity index is 410. The molecule has 100 valence electrons. The van der Waals surface area contributed by atoms with Gasteiger partial charge in [0.25, 0.3) is 5.91 Å². The normalized spacial score (nSPS) is 18.9. The molecule has 0 radical (unpaired) electrons. The highest BCUT2D eigenvalue weighted by Crippen LogP contribution is 2.07. The molecule has 1 saturated heterocycles. The van der Waals surface area contributed by atoms with E-state index in [1.807, 2.05) is 0 Å². The molecule has 7 heteroatoms. The van der Waals surface area contributed by atoms with Crippen LogP contribution < -0.4 is 0 Å². The van der Waals surface area contributed by atoms with Crippen LogP contribution in [0.2, 0.25) is 0 Å². The van der Waals surface area contributed by atoms with E-state index in [9.17, 15) is 9.90 Å². The molecule has 1 amide bonds. The summed E-state index contributed by atoms with van der Waals surface area (Å²) in [6, 6.07) is 0. The second-order valence-electron chi connectivity index (χ2n) is 4.51. The van der Waals surface area contributed by atoms with Crippen molar-refractivity contribution in [1.29, 1.82) is 0 Å². The number of aryl methyl sites for hydroxylation is 1. The Morgan fingerprint density at radius 2 is 2.11 bits per heavy atom. The minimum absolute atomic E-state index is 0.204. The van der Waals surface area contributed by atoms with Gasteiger partial charge in [-0.25, -0.2) is 0 Å². The zero-order valence-electron chi connectivity index (χ0n) is 10.7. The predicted molar refractivity (Wildman–Crippen MR) is 62.6 cm³/mol. The van der Waals surface area contributed by atoms with Gasteiger partial charge in [-0.05, 0) is 6.92 Å². The van der Waals surface area contributed by atoms with Gasteiger partial charge in [0.2, 0.25) is 5.89 Å². The molecule has 7 nitrogen and oxygen atoms in total. The first-order chi connectivity index (χ1) is 8.56. The van der Waals surface area contributed by atoms with Crippen molar-refractivity contribution in [3.05, 3.63) is 11.7 Å². The van der Waals surface area contributed by atoms with Crippen molar-refractivity contribution in [2.24, 2.45) is 0 Å². The molecule has 0 aromatic carbocycles. The molecule has 1 N–H and O–H groups in total. The molecule has 0 aliphatic carbocycles. The third-order valence-corrected chi connectivity index (χ3v) is 2.98. The SMILES string of the molecule is Cc1nc(CN2CCN(C(=O)C(C)O)CC2)no1. The molecule has 0 bridgehead atoms. The van der Waals surface area contributed by atoms with Crippen LogP contribution in [0.4, 0.5) is 0 Å². The predicted octanol–water partition coefficient (Wildman–Crippen LogP) is -0.597. The fourth-order valence-electron chi connectivity index (χ4n) is 2.00. The van der Waals surface area contributed by atoms with E-state index in [1.165, 1.54) is 6.92 Å². The molecule has 18 heavy (non-hydrogen) atoms. The van der Waals surface area contributed by atoms with Crippen LogP contribution in [0, 0.1) is 6.92 Å². The summed E-state index contributed by atoms with van der Waals surface area (Å²) in [6.45, 7) is 6.65. The topological polar surface area (TPSA) is 82.7 Å². The average molecular weight is 254 g/mol. The van der Waals surface area contributed by atoms with Crippen LogP contribution in [-0.2, 0) is 11.3 Å². The third kappa shape index (κ3) is 3.05. The van der Waals surface area contributed by atoms with Crippen molar-refractivity contribution >= 4 is 5.91 Å². The van der Waals surface area contributed by atoms with Crippen LogP contribution in [0.3, 0.4) is 0 Å². The zero-order valence-corrected chi connectivity index (χ0v) is 10.7. The Hall–Kier alpha value is -1.47. The lowest BCUT2D eigenvalue weighted by molar-refractivity contribution is -0.141. The smallest absolute Gasteiger partial charge is 0.251 e. The summed E-state index contributed by atoms with van der Waals surface area (Å²) in [4.78, 5) is 19.6. The van der Waals surface area contributed by atoms with E-state index in [0.717, 1.165) is 13.1 Å². The monoisotopic (exact) mass is 254 g/mol. The van der Waals surface area contributed by atoms with Crippen LogP contribution in [0.1, 0.15) is 18.6 Å². The number of aliphatic hydroxyl groups excluding tert-OH is 1. The van der Waals surface area contributed by atoms with Gasteiger partial charge in [0.15, 0.2) is 5.82 Å². The molecule has 2 heterocycles. The second kappa shape index (κ2) is 5.45. The fraction of sp³-hybridized carbons (Fsp3) is 0.727. The molecule has 1 aromatic heterocycles. The number of hydrogen-bond donors (Lipinski definition) is 1. The maximum atomic E-state index is 11.6. The van der Waals surface area contributed by atoms with Crippen LogP contribution in [-0.4, -0.2) is 63.2 Å². The van der Waals surface area contributed by atoms with Gasteiger partial charge in [-0.1, -0.05) is 5.16 Å². The van der Waals surface area contributed by atoms with Gasteiger partial charge < -0.3 is 14.5 Å². The van der Waals surface area contributed by atoms with E-state index in [4.69, 9.17) is 4.52 Å². The highest BCUT2D eigenvalue weighted by molar-refractivity contribution is 5.80. The van der Waals surface area contributed by atoms with E-state index in [1.54, 1.807) is 11.8 Å². The summed E-state index contributed by atoms with van der Waals surface area (Å²) < 4.78 is 4.91. The lowest BCUT2D eigenvalue weighted by Crippen LogP contribution is -2.50. The zero-order chi connectivity index (χ0) is 13.1. The maximum Gasteiger partial charge on any atom is 0.251 e. The molecule has 1 aliphatic heterocycles. The van der Waals surface area contributed by atoms with Crippen molar-refractivity contribution in [2.45, 2.75) is 26.5 Å².